The molecule has 7 aromatic carbocycles. The van der Waals surface area contributed by atoms with Gasteiger partial charge in [0, 0.05) is 27.1 Å². The van der Waals surface area contributed by atoms with Crippen molar-refractivity contribution in [1.29, 1.82) is 0 Å². The molecule has 0 aliphatic heterocycles. The average molecular weight is 620 g/mol. The van der Waals surface area contributed by atoms with Gasteiger partial charge in [0.1, 0.15) is 11.2 Å². The first-order valence-electron chi connectivity index (χ1n) is 18.1. The molecule has 0 radical (unpaired) electrons. The highest BCUT2D eigenvalue weighted by Crippen LogP contribution is 2.38. The maximum Gasteiger partial charge on any atom is 0.238 e. The van der Waals surface area contributed by atoms with E-state index in [1.54, 1.807) is 0 Å². The molecule has 0 fully saturated rings. The van der Waals surface area contributed by atoms with Crippen molar-refractivity contribution in [3.8, 4) is 39.9 Å². The zero-order chi connectivity index (χ0) is 36.0. The molecule has 0 aliphatic carbocycles. The molecule has 48 heavy (non-hydrogen) atoms. The number of rotatable bonds is 4. The molecule has 224 valence electrons. The topological polar surface area (TPSA) is 56.7 Å². The highest BCUT2D eigenvalue weighted by molar-refractivity contribution is 6.11. The molecule has 0 spiro atoms. The fourth-order valence-electron chi connectivity index (χ4n) is 6.72. The highest BCUT2D eigenvalue weighted by Gasteiger charge is 2.20. The van der Waals surface area contributed by atoms with Crippen molar-refractivity contribution in [3.63, 3.8) is 0 Å². The predicted molar refractivity (Wildman–Crippen MR) is 195 cm³/mol. The Morgan fingerprint density at radius 3 is 1.98 bits per heavy atom. The fourth-order valence-corrected chi connectivity index (χ4v) is 6.72. The third-order valence-electron chi connectivity index (χ3n) is 8.95. The molecule has 0 saturated carbocycles. The second-order valence-electron chi connectivity index (χ2n) is 11.7. The summed E-state index contributed by atoms with van der Waals surface area (Å²) in [6, 6.07) is 40.3. The first kappa shape index (κ1) is 22.0. The SMILES string of the molecule is [2H]c1c([2H])c([2H])c(-c2nc(-c3cccc4c3oc3ccc(-c5ccc6ccccc6c5)cc34)nc(-n3c4ccccc4c4ccccc43)n2)c([2H])c1[2H]. The summed E-state index contributed by atoms with van der Waals surface area (Å²) in [5, 5.41) is 6.12. The van der Waals surface area contributed by atoms with Crippen molar-refractivity contribution >= 4 is 54.5 Å². The lowest BCUT2D eigenvalue weighted by Crippen LogP contribution is -2.06. The van der Waals surface area contributed by atoms with Gasteiger partial charge in [0.15, 0.2) is 11.6 Å². The minimum atomic E-state index is -0.490. The largest absolute Gasteiger partial charge is 0.455 e. The van der Waals surface area contributed by atoms with Crippen LogP contribution >= 0.6 is 0 Å². The first-order chi connectivity index (χ1) is 25.9. The van der Waals surface area contributed by atoms with E-state index in [0.29, 0.717) is 16.7 Å². The lowest BCUT2D eigenvalue weighted by Gasteiger charge is -2.11. The minimum absolute atomic E-state index is 0.0458. The van der Waals surface area contributed by atoms with E-state index in [9.17, 15) is 0 Å². The van der Waals surface area contributed by atoms with Gasteiger partial charge in [0.05, 0.1) is 23.5 Å². The number of furan rings is 1. The third-order valence-corrected chi connectivity index (χ3v) is 8.95. The number of fused-ring (bicyclic) bond motifs is 7. The Morgan fingerprint density at radius 2 is 1.17 bits per heavy atom. The van der Waals surface area contributed by atoms with Crippen molar-refractivity contribution in [3.05, 3.63) is 158 Å². The van der Waals surface area contributed by atoms with E-state index in [2.05, 4.69) is 36.4 Å². The summed E-state index contributed by atoms with van der Waals surface area (Å²) >= 11 is 0. The van der Waals surface area contributed by atoms with Gasteiger partial charge in [-0.25, -0.2) is 4.98 Å². The van der Waals surface area contributed by atoms with E-state index in [-0.39, 0.29) is 23.2 Å². The predicted octanol–water partition coefficient (Wildman–Crippen LogP) is 11.0. The summed E-state index contributed by atoms with van der Waals surface area (Å²) in [5.41, 5.74) is 5.55. The van der Waals surface area contributed by atoms with E-state index < -0.39 is 30.2 Å². The van der Waals surface area contributed by atoms with Crippen molar-refractivity contribution in [1.82, 2.24) is 19.5 Å². The van der Waals surface area contributed by atoms with Crippen LogP contribution < -0.4 is 0 Å². The van der Waals surface area contributed by atoms with E-state index in [4.69, 9.17) is 26.2 Å². The highest BCUT2D eigenvalue weighted by atomic mass is 16.3. The van der Waals surface area contributed by atoms with Gasteiger partial charge in [-0.3, -0.25) is 4.57 Å². The van der Waals surface area contributed by atoms with Crippen LogP contribution in [0.15, 0.2) is 162 Å². The van der Waals surface area contributed by atoms with Crippen molar-refractivity contribution < 1.29 is 11.3 Å². The maximum absolute atomic E-state index is 8.80. The molecule has 3 heterocycles. The lowest BCUT2D eigenvalue weighted by atomic mass is 9.99. The molecular weight excluding hydrogens is 589 g/mol. The van der Waals surface area contributed by atoms with Crippen LogP contribution in [0, 0.1) is 0 Å². The standard InChI is InChI=1S/C43H26N4O/c1-2-12-28(13-3-1)41-44-42(46-43(45-41)47-37-19-8-6-15-32(37)33-16-7-9-20-38(33)47)35-18-10-17-34-36-26-31(23-24-39(36)48-40(34)35)30-22-21-27-11-4-5-14-29(27)25-30/h1-26H/i1D,2D,3D,12D,13D. The third kappa shape index (κ3) is 4.15. The summed E-state index contributed by atoms with van der Waals surface area (Å²) in [5.74, 6) is 0.426. The Balaban J connectivity index is 1.23. The quantitative estimate of drug-likeness (QED) is 0.197. The van der Waals surface area contributed by atoms with Crippen molar-refractivity contribution in [2.45, 2.75) is 0 Å². The number of aromatic nitrogens is 4. The van der Waals surface area contributed by atoms with Crippen LogP contribution in [0.5, 0.6) is 0 Å². The zero-order valence-corrected chi connectivity index (χ0v) is 25.3. The average Bonchev–Trinajstić information content (AvgIpc) is 3.75. The van der Waals surface area contributed by atoms with Gasteiger partial charge in [-0.15, -0.1) is 0 Å². The molecule has 5 nitrogen and oxygen atoms in total. The molecule has 10 rings (SSSR count). The van der Waals surface area contributed by atoms with Crippen LogP contribution in [0.25, 0.3) is 94.4 Å². The molecule has 0 saturated heterocycles. The van der Waals surface area contributed by atoms with Gasteiger partial charge in [0.2, 0.25) is 5.95 Å². The summed E-state index contributed by atoms with van der Waals surface area (Å²) in [4.78, 5) is 14.7. The van der Waals surface area contributed by atoms with Crippen LogP contribution in [0.4, 0.5) is 0 Å². The van der Waals surface area contributed by atoms with Gasteiger partial charge in [-0.2, -0.15) is 9.97 Å². The molecule has 0 atom stereocenters. The van der Waals surface area contributed by atoms with Gasteiger partial charge < -0.3 is 4.42 Å². The van der Waals surface area contributed by atoms with Gasteiger partial charge in [0.25, 0.3) is 0 Å². The van der Waals surface area contributed by atoms with Crippen LogP contribution in [0.3, 0.4) is 0 Å². The van der Waals surface area contributed by atoms with E-state index in [1.807, 2.05) is 95.6 Å². The molecule has 10 aromatic rings. The minimum Gasteiger partial charge on any atom is -0.455 e. The van der Waals surface area contributed by atoms with Crippen LogP contribution in [0.1, 0.15) is 6.85 Å². The number of hydrogen-bond donors (Lipinski definition) is 0. The van der Waals surface area contributed by atoms with Gasteiger partial charge >= 0.3 is 0 Å². The monoisotopic (exact) mass is 619 g/mol. The second-order valence-corrected chi connectivity index (χ2v) is 11.7. The Labute approximate surface area is 282 Å². The Kier molecular flexibility index (Phi) is 4.81. The van der Waals surface area contributed by atoms with E-state index in [0.717, 1.165) is 49.1 Å². The lowest BCUT2D eigenvalue weighted by molar-refractivity contribution is 0.669. The molecule has 0 N–H and O–H groups in total. The Hall–Kier alpha value is -6.59. The smallest absolute Gasteiger partial charge is 0.238 e. The Bertz CT molecular complexity index is 3070. The molecule has 3 aromatic heterocycles. The van der Waals surface area contributed by atoms with Crippen LogP contribution in [-0.4, -0.2) is 19.5 Å². The summed E-state index contributed by atoms with van der Waals surface area (Å²) in [6.07, 6.45) is 0. The van der Waals surface area contributed by atoms with Crippen molar-refractivity contribution in [2.75, 3.05) is 0 Å². The molecule has 0 bridgehead atoms. The summed E-state index contributed by atoms with van der Waals surface area (Å²) < 4.78 is 51.1. The number of para-hydroxylation sites is 3. The van der Waals surface area contributed by atoms with Crippen LogP contribution in [0.2, 0.25) is 0 Å². The molecule has 0 aliphatic rings. The van der Waals surface area contributed by atoms with Gasteiger partial charge in [-0.1, -0.05) is 121 Å². The second kappa shape index (κ2) is 10.5. The normalized spacial score (nSPS) is 13.2. The first-order valence-corrected chi connectivity index (χ1v) is 15.6. The number of nitrogens with zero attached hydrogens (tertiary/aromatic N) is 4. The Morgan fingerprint density at radius 1 is 0.500 bits per heavy atom. The van der Waals surface area contributed by atoms with E-state index >= 15 is 0 Å². The molecule has 0 amide bonds. The van der Waals surface area contributed by atoms with Crippen LogP contribution in [-0.2, 0) is 0 Å². The van der Waals surface area contributed by atoms with Crippen molar-refractivity contribution in [2.24, 2.45) is 0 Å². The maximum atomic E-state index is 8.80. The fraction of sp³-hybridized carbons (Fsp3) is 0. The number of benzene rings is 7. The molecule has 5 heteroatoms. The molecule has 0 unspecified atom stereocenters. The molecular formula is C43H26N4O. The summed E-state index contributed by atoms with van der Waals surface area (Å²) in [7, 11) is 0. The zero-order valence-electron chi connectivity index (χ0n) is 30.3. The van der Waals surface area contributed by atoms with E-state index in [1.165, 1.54) is 5.39 Å². The number of hydrogen-bond acceptors (Lipinski definition) is 4. The van der Waals surface area contributed by atoms with Gasteiger partial charge in [-0.05, 0) is 58.3 Å². The summed E-state index contributed by atoms with van der Waals surface area (Å²) in [6.45, 7) is 0.